The topological polar surface area (TPSA) is 170 Å². The van der Waals surface area contributed by atoms with Crippen LogP contribution in [0, 0.1) is 5.92 Å². The van der Waals surface area contributed by atoms with E-state index in [1.807, 2.05) is 0 Å². The molecule has 6 N–H and O–H groups in total. The van der Waals surface area contributed by atoms with Gasteiger partial charge in [-0.15, -0.1) is 0 Å². The van der Waals surface area contributed by atoms with Crippen LogP contribution in [0.15, 0.2) is 0 Å². The van der Waals surface area contributed by atoms with Crippen LogP contribution in [0.3, 0.4) is 0 Å². The average Bonchev–Trinajstić information content (AvgIpc) is 2.28. The van der Waals surface area contributed by atoms with Crippen molar-refractivity contribution >= 4 is 22.4 Å². The summed E-state index contributed by atoms with van der Waals surface area (Å²) in [7, 11) is -1.26. The first-order chi connectivity index (χ1) is 9.41. The van der Waals surface area contributed by atoms with Crippen molar-refractivity contribution in [2.75, 3.05) is 14.1 Å². The zero-order chi connectivity index (χ0) is 16.8. The van der Waals surface area contributed by atoms with E-state index in [0.29, 0.717) is 12.8 Å². The van der Waals surface area contributed by atoms with Crippen molar-refractivity contribution in [3.05, 3.63) is 0 Å². The van der Waals surface area contributed by atoms with Crippen LogP contribution in [0.25, 0.3) is 0 Å². The summed E-state index contributed by atoms with van der Waals surface area (Å²) in [5.74, 6) is -0.0734. The van der Waals surface area contributed by atoms with Gasteiger partial charge in [0.1, 0.15) is 0 Å². The summed E-state index contributed by atoms with van der Waals surface area (Å²) < 4.78 is 31.6. The van der Waals surface area contributed by atoms with Crippen LogP contribution in [0.1, 0.15) is 19.3 Å². The molecular weight excluding hydrogens is 306 g/mol. The predicted molar refractivity (Wildman–Crippen MR) is 73.1 cm³/mol. The molecule has 11 heteroatoms. The van der Waals surface area contributed by atoms with Crippen molar-refractivity contribution in [1.82, 2.24) is 10.2 Å². The SMILES string of the molecule is CN(C)C(=O)[C@H]1CC[C@H](N)[C@H](NC(=O)O)C1.O=S(=O)(O)O. The molecule has 0 aliphatic heterocycles. The summed E-state index contributed by atoms with van der Waals surface area (Å²) in [5, 5.41) is 11.0. The first-order valence-electron chi connectivity index (χ1n) is 6.08. The number of hydrogen-bond acceptors (Lipinski definition) is 5. The van der Waals surface area contributed by atoms with E-state index in [4.69, 9.17) is 28.4 Å². The minimum absolute atomic E-state index is 0.0455. The van der Waals surface area contributed by atoms with Crippen molar-refractivity contribution in [2.24, 2.45) is 11.7 Å². The fraction of sp³-hybridized carbons (Fsp3) is 0.800. The second-order valence-corrected chi connectivity index (χ2v) is 5.81. The van der Waals surface area contributed by atoms with Crippen LogP contribution in [0.2, 0.25) is 0 Å². The largest absolute Gasteiger partial charge is 0.465 e. The number of nitrogens with zero attached hydrogens (tertiary/aromatic N) is 1. The summed E-state index contributed by atoms with van der Waals surface area (Å²) in [4.78, 5) is 23.8. The molecule has 0 spiro atoms. The molecule has 0 saturated heterocycles. The first kappa shape index (κ1) is 19.6. The Balaban J connectivity index is 0.000000690. The molecule has 0 aromatic carbocycles. The van der Waals surface area contributed by atoms with Gasteiger partial charge < -0.3 is 21.1 Å². The molecule has 2 amide bonds. The number of hydrogen-bond donors (Lipinski definition) is 5. The Kier molecular flexibility index (Phi) is 7.57. The third kappa shape index (κ3) is 9.18. The maximum Gasteiger partial charge on any atom is 0.404 e. The fourth-order valence-corrected chi connectivity index (χ4v) is 2.11. The Morgan fingerprint density at radius 3 is 2.10 bits per heavy atom. The quantitative estimate of drug-likeness (QED) is 0.410. The number of rotatable bonds is 2. The molecule has 0 unspecified atom stereocenters. The van der Waals surface area contributed by atoms with Gasteiger partial charge in [-0.2, -0.15) is 8.42 Å². The maximum atomic E-state index is 11.7. The van der Waals surface area contributed by atoms with E-state index in [0.717, 1.165) is 6.42 Å². The highest BCUT2D eigenvalue weighted by Gasteiger charge is 2.33. The smallest absolute Gasteiger partial charge is 0.404 e. The normalized spacial score (nSPS) is 25.3. The van der Waals surface area contributed by atoms with Gasteiger partial charge in [-0.25, -0.2) is 4.79 Å². The van der Waals surface area contributed by atoms with Gasteiger partial charge in [0.2, 0.25) is 5.91 Å². The minimum atomic E-state index is -4.67. The van der Waals surface area contributed by atoms with Gasteiger partial charge in [-0.1, -0.05) is 0 Å². The van der Waals surface area contributed by atoms with Crippen LogP contribution < -0.4 is 11.1 Å². The van der Waals surface area contributed by atoms with Crippen LogP contribution in [0.4, 0.5) is 4.79 Å². The highest BCUT2D eigenvalue weighted by atomic mass is 32.3. The summed E-state index contributed by atoms with van der Waals surface area (Å²) in [5.41, 5.74) is 5.82. The monoisotopic (exact) mass is 327 g/mol. The van der Waals surface area contributed by atoms with Crippen LogP contribution in [0.5, 0.6) is 0 Å². The molecule has 1 rings (SSSR count). The van der Waals surface area contributed by atoms with Gasteiger partial charge in [-0.05, 0) is 19.3 Å². The second kappa shape index (κ2) is 8.12. The van der Waals surface area contributed by atoms with Crippen molar-refractivity contribution in [2.45, 2.75) is 31.3 Å². The van der Waals surface area contributed by atoms with Crippen molar-refractivity contribution < 1.29 is 32.2 Å². The van der Waals surface area contributed by atoms with Crippen molar-refractivity contribution in [1.29, 1.82) is 0 Å². The number of carbonyl (C=O) groups excluding carboxylic acids is 1. The molecule has 1 saturated carbocycles. The van der Waals surface area contributed by atoms with Gasteiger partial charge in [0, 0.05) is 32.1 Å². The Morgan fingerprint density at radius 2 is 1.71 bits per heavy atom. The highest BCUT2D eigenvalue weighted by molar-refractivity contribution is 7.79. The number of amides is 2. The van der Waals surface area contributed by atoms with Gasteiger partial charge in [0.05, 0.1) is 0 Å². The molecule has 0 heterocycles. The summed E-state index contributed by atoms with van der Waals surface area (Å²) in [6.45, 7) is 0. The van der Waals surface area contributed by atoms with E-state index in [9.17, 15) is 9.59 Å². The van der Waals surface area contributed by atoms with E-state index in [2.05, 4.69) is 5.32 Å². The first-order valence-corrected chi connectivity index (χ1v) is 7.47. The molecule has 0 bridgehead atoms. The molecule has 10 nitrogen and oxygen atoms in total. The molecule has 1 aliphatic rings. The van der Waals surface area contributed by atoms with Gasteiger partial charge in [0.25, 0.3) is 0 Å². The van der Waals surface area contributed by atoms with Gasteiger partial charge in [-0.3, -0.25) is 13.9 Å². The number of carbonyl (C=O) groups is 2. The number of carboxylic acid groups (broad SMARTS) is 1. The lowest BCUT2D eigenvalue weighted by Crippen LogP contribution is -2.52. The lowest BCUT2D eigenvalue weighted by Gasteiger charge is -2.34. The Hall–Kier alpha value is -1.43. The molecule has 124 valence electrons. The summed E-state index contributed by atoms with van der Waals surface area (Å²) >= 11 is 0. The Bertz CT molecular complexity index is 457. The number of nitrogens with one attached hydrogen (secondary N) is 1. The average molecular weight is 327 g/mol. The third-order valence-corrected chi connectivity index (χ3v) is 3.00. The summed E-state index contributed by atoms with van der Waals surface area (Å²) in [6, 6.07) is -0.512. The van der Waals surface area contributed by atoms with Crippen LogP contribution >= 0.6 is 0 Å². The lowest BCUT2D eigenvalue weighted by molar-refractivity contribution is -0.134. The Morgan fingerprint density at radius 1 is 1.24 bits per heavy atom. The lowest BCUT2D eigenvalue weighted by atomic mass is 9.82. The second-order valence-electron chi connectivity index (χ2n) is 4.91. The predicted octanol–water partition coefficient (Wildman–Crippen LogP) is -0.815. The highest BCUT2D eigenvalue weighted by Crippen LogP contribution is 2.25. The summed E-state index contributed by atoms with van der Waals surface area (Å²) in [6.07, 6.45) is 0.814. The van der Waals surface area contributed by atoms with E-state index in [1.165, 1.54) is 0 Å². The van der Waals surface area contributed by atoms with Crippen LogP contribution in [-0.2, 0) is 15.2 Å². The molecule has 0 aromatic heterocycles. The standard InChI is InChI=1S/C10H19N3O3.H2O4S/c1-13(2)9(14)6-3-4-7(11)8(5-6)12-10(15)16;1-5(2,3)4/h6-8,12H,3-5,11H2,1-2H3,(H,15,16);(H2,1,2,3,4)/t6-,7-,8+;/m0./s1. The van der Waals surface area contributed by atoms with Gasteiger partial charge in [0.15, 0.2) is 0 Å². The number of nitrogens with two attached hydrogens (primary N) is 1. The zero-order valence-electron chi connectivity index (χ0n) is 11.8. The van der Waals surface area contributed by atoms with Crippen molar-refractivity contribution in [3.63, 3.8) is 0 Å². The van der Waals surface area contributed by atoms with E-state index < -0.39 is 16.5 Å². The fourth-order valence-electron chi connectivity index (χ4n) is 2.11. The molecule has 1 aliphatic carbocycles. The molecule has 3 atom stereocenters. The minimum Gasteiger partial charge on any atom is -0.465 e. The molecular formula is C10H21N3O7S. The van der Waals surface area contributed by atoms with E-state index in [-0.39, 0.29) is 23.9 Å². The molecule has 1 fully saturated rings. The maximum absolute atomic E-state index is 11.7. The molecule has 0 radical (unpaired) electrons. The van der Waals surface area contributed by atoms with E-state index >= 15 is 0 Å². The third-order valence-electron chi connectivity index (χ3n) is 3.00. The Labute approximate surface area is 122 Å². The van der Waals surface area contributed by atoms with Gasteiger partial charge >= 0.3 is 16.5 Å². The van der Waals surface area contributed by atoms with Crippen molar-refractivity contribution in [3.8, 4) is 0 Å². The molecule has 0 aromatic rings. The van der Waals surface area contributed by atoms with E-state index in [1.54, 1.807) is 19.0 Å². The molecule has 21 heavy (non-hydrogen) atoms. The van der Waals surface area contributed by atoms with Crippen LogP contribution in [-0.4, -0.2) is 65.7 Å². The zero-order valence-corrected chi connectivity index (χ0v) is 12.6.